The molecule has 0 aliphatic carbocycles. The second-order valence-electron chi connectivity index (χ2n) is 4.47. The summed E-state index contributed by atoms with van der Waals surface area (Å²) < 4.78 is 11.8. The number of aromatic nitrogens is 1. The average Bonchev–Trinajstić information content (AvgIpc) is 2.49. The summed E-state index contributed by atoms with van der Waals surface area (Å²) in [5, 5.41) is 0. The van der Waals surface area contributed by atoms with Crippen molar-refractivity contribution in [1.29, 1.82) is 0 Å². The molecule has 0 saturated carbocycles. The summed E-state index contributed by atoms with van der Waals surface area (Å²) in [6.07, 6.45) is 0. The van der Waals surface area contributed by atoms with Gasteiger partial charge in [0.1, 0.15) is 25.5 Å². The molecule has 5 nitrogen and oxygen atoms in total. The van der Waals surface area contributed by atoms with E-state index in [1.54, 1.807) is 19.1 Å². The Morgan fingerprint density at radius 3 is 2.52 bits per heavy atom. The lowest BCUT2D eigenvalue weighted by atomic mass is 10.3. The Labute approximate surface area is 122 Å². The Bertz CT molecular complexity index is 649. The average molecular weight is 287 g/mol. The predicted molar refractivity (Wildman–Crippen MR) is 78.3 cm³/mol. The Morgan fingerprint density at radius 1 is 1.05 bits per heavy atom. The van der Waals surface area contributed by atoms with E-state index in [1.807, 2.05) is 30.3 Å². The lowest BCUT2D eigenvalue weighted by Gasteiger charge is -2.10. The van der Waals surface area contributed by atoms with Crippen molar-refractivity contribution in [3.05, 3.63) is 64.6 Å². The molecule has 2 aromatic rings. The number of ether oxygens (including phenoxy) is 2. The molecule has 5 heteroatoms. The van der Waals surface area contributed by atoms with Crippen LogP contribution < -0.4 is 10.3 Å². The number of rotatable bonds is 6. The molecule has 1 heterocycles. The standard InChI is InChI=1S/C16H17NO4/c1-13-6-5-9-15(18)17(13)12-16(19)21-11-10-20-14-7-3-2-4-8-14/h2-9H,10-12H2,1H3. The fourth-order valence-corrected chi connectivity index (χ4v) is 1.83. The van der Waals surface area contributed by atoms with Crippen molar-refractivity contribution < 1.29 is 14.3 Å². The molecule has 0 amide bonds. The largest absolute Gasteiger partial charge is 0.490 e. The molecule has 0 N–H and O–H groups in total. The number of esters is 1. The van der Waals surface area contributed by atoms with Crippen molar-refractivity contribution in [2.75, 3.05) is 13.2 Å². The number of carbonyl (C=O) groups excluding carboxylic acids is 1. The van der Waals surface area contributed by atoms with Gasteiger partial charge in [0, 0.05) is 11.8 Å². The number of pyridine rings is 1. The number of aryl methyl sites for hydroxylation is 1. The van der Waals surface area contributed by atoms with Crippen molar-refractivity contribution in [1.82, 2.24) is 4.57 Å². The van der Waals surface area contributed by atoms with Gasteiger partial charge >= 0.3 is 5.97 Å². The summed E-state index contributed by atoms with van der Waals surface area (Å²) in [7, 11) is 0. The molecule has 0 aliphatic rings. The smallest absolute Gasteiger partial charge is 0.326 e. The molecule has 1 aromatic heterocycles. The van der Waals surface area contributed by atoms with Gasteiger partial charge in [-0.15, -0.1) is 0 Å². The van der Waals surface area contributed by atoms with Crippen molar-refractivity contribution >= 4 is 5.97 Å². The zero-order chi connectivity index (χ0) is 15.1. The third kappa shape index (κ3) is 4.49. The van der Waals surface area contributed by atoms with Crippen LogP contribution in [0.5, 0.6) is 5.75 Å². The summed E-state index contributed by atoms with van der Waals surface area (Å²) in [6.45, 7) is 2.11. The second-order valence-corrected chi connectivity index (χ2v) is 4.47. The maximum atomic E-state index is 11.7. The van der Waals surface area contributed by atoms with Crippen LogP contribution in [-0.4, -0.2) is 23.8 Å². The van der Waals surface area contributed by atoms with Gasteiger partial charge in [0.05, 0.1) is 0 Å². The molecule has 0 unspecified atom stereocenters. The first-order chi connectivity index (χ1) is 10.2. The zero-order valence-electron chi connectivity index (χ0n) is 11.8. The van der Waals surface area contributed by atoms with Crippen LogP contribution >= 0.6 is 0 Å². The first kappa shape index (κ1) is 14.8. The molecule has 0 radical (unpaired) electrons. The van der Waals surface area contributed by atoms with E-state index in [-0.39, 0.29) is 25.3 Å². The van der Waals surface area contributed by atoms with E-state index in [4.69, 9.17) is 9.47 Å². The summed E-state index contributed by atoms with van der Waals surface area (Å²) in [6, 6.07) is 14.1. The van der Waals surface area contributed by atoms with E-state index in [2.05, 4.69) is 0 Å². The van der Waals surface area contributed by atoms with Crippen molar-refractivity contribution in [2.45, 2.75) is 13.5 Å². The van der Waals surface area contributed by atoms with Gasteiger partial charge < -0.3 is 14.0 Å². The number of nitrogens with zero attached hydrogens (tertiary/aromatic N) is 1. The van der Waals surface area contributed by atoms with Crippen molar-refractivity contribution in [3.63, 3.8) is 0 Å². The van der Waals surface area contributed by atoms with Gasteiger partial charge in [-0.3, -0.25) is 9.59 Å². The van der Waals surface area contributed by atoms with E-state index >= 15 is 0 Å². The van der Waals surface area contributed by atoms with Crippen LogP contribution in [0.4, 0.5) is 0 Å². The number of para-hydroxylation sites is 1. The molecule has 110 valence electrons. The Kier molecular flexibility index (Phi) is 5.15. The zero-order valence-corrected chi connectivity index (χ0v) is 11.8. The highest BCUT2D eigenvalue weighted by Crippen LogP contribution is 2.07. The van der Waals surface area contributed by atoms with Crippen LogP contribution in [0.2, 0.25) is 0 Å². The maximum absolute atomic E-state index is 11.7. The minimum atomic E-state index is -0.455. The molecule has 2 rings (SSSR count). The van der Waals surface area contributed by atoms with Crippen LogP contribution in [0, 0.1) is 6.92 Å². The van der Waals surface area contributed by atoms with Crippen LogP contribution in [0.25, 0.3) is 0 Å². The summed E-state index contributed by atoms with van der Waals surface area (Å²) in [5.41, 5.74) is 0.507. The molecule has 0 saturated heterocycles. The third-order valence-corrected chi connectivity index (χ3v) is 2.91. The molecule has 1 aromatic carbocycles. The summed E-state index contributed by atoms with van der Waals surface area (Å²) in [4.78, 5) is 23.3. The normalized spacial score (nSPS) is 10.1. The summed E-state index contributed by atoms with van der Waals surface area (Å²) >= 11 is 0. The molecule has 21 heavy (non-hydrogen) atoms. The lowest BCUT2D eigenvalue weighted by molar-refractivity contribution is -0.145. The van der Waals surface area contributed by atoms with Gasteiger partial charge in [-0.2, -0.15) is 0 Å². The number of benzene rings is 1. The maximum Gasteiger partial charge on any atom is 0.326 e. The molecular formula is C16H17NO4. The highest BCUT2D eigenvalue weighted by molar-refractivity contribution is 5.69. The first-order valence-corrected chi connectivity index (χ1v) is 6.67. The van der Waals surface area contributed by atoms with Gasteiger partial charge in [0.15, 0.2) is 0 Å². The second kappa shape index (κ2) is 7.28. The quantitative estimate of drug-likeness (QED) is 0.600. The SMILES string of the molecule is Cc1cccc(=O)n1CC(=O)OCCOc1ccccc1. The van der Waals surface area contributed by atoms with Crippen molar-refractivity contribution in [2.24, 2.45) is 0 Å². The van der Waals surface area contributed by atoms with Gasteiger partial charge in [-0.25, -0.2) is 0 Å². The van der Waals surface area contributed by atoms with E-state index in [0.717, 1.165) is 11.4 Å². The van der Waals surface area contributed by atoms with Crippen LogP contribution in [0.15, 0.2) is 53.3 Å². The lowest BCUT2D eigenvalue weighted by Crippen LogP contribution is -2.27. The van der Waals surface area contributed by atoms with Crippen LogP contribution in [0.1, 0.15) is 5.69 Å². The molecule has 0 spiro atoms. The number of hydrogen-bond donors (Lipinski definition) is 0. The minimum absolute atomic E-state index is 0.0865. The number of hydrogen-bond acceptors (Lipinski definition) is 4. The van der Waals surface area contributed by atoms with Crippen molar-refractivity contribution in [3.8, 4) is 5.75 Å². The number of carbonyl (C=O) groups is 1. The highest BCUT2D eigenvalue weighted by atomic mass is 16.6. The monoisotopic (exact) mass is 287 g/mol. The fourth-order valence-electron chi connectivity index (χ4n) is 1.83. The predicted octanol–water partition coefficient (Wildman–Crippen LogP) is 1.78. The molecular weight excluding hydrogens is 270 g/mol. The topological polar surface area (TPSA) is 57.5 Å². The van der Waals surface area contributed by atoms with E-state index < -0.39 is 5.97 Å². The van der Waals surface area contributed by atoms with Gasteiger partial charge in [0.2, 0.25) is 0 Å². The van der Waals surface area contributed by atoms with Gasteiger partial charge in [-0.05, 0) is 25.1 Å². The van der Waals surface area contributed by atoms with E-state index in [1.165, 1.54) is 10.6 Å². The van der Waals surface area contributed by atoms with Gasteiger partial charge in [-0.1, -0.05) is 24.3 Å². The molecule has 0 bridgehead atoms. The van der Waals surface area contributed by atoms with E-state index in [9.17, 15) is 9.59 Å². The molecule has 0 aliphatic heterocycles. The Morgan fingerprint density at radius 2 is 1.81 bits per heavy atom. The Balaban J connectivity index is 1.77. The summed E-state index contributed by atoms with van der Waals surface area (Å²) in [5.74, 6) is 0.270. The van der Waals surface area contributed by atoms with Crippen LogP contribution in [0.3, 0.4) is 0 Å². The molecule has 0 atom stereocenters. The Hall–Kier alpha value is -2.56. The minimum Gasteiger partial charge on any atom is -0.490 e. The first-order valence-electron chi connectivity index (χ1n) is 6.67. The third-order valence-electron chi connectivity index (χ3n) is 2.91. The molecule has 0 fully saturated rings. The fraction of sp³-hybridized carbons (Fsp3) is 0.250. The van der Waals surface area contributed by atoms with E-state index in [0.29, 0.717) is 0 Å². The highest BCUT2D eigenvalue weighted by Gasteiger charge is 2.07. The van der Waals surface area contributed by atoms with Gasteiger partial charge in [0.25, 0.3) is 5.56 Å². The van der Waals surface area contributed by atoms with Crippen LogP contribution in [-0.2, 0) is 16.1 Å².